The van der Waals surface area contributed by atoms with Crippen molar-refractivity contribution in [1.82, 2.24) is 0 Å². The molecule has 3 rings (SSSR count). The summed E-state index contributed by atoms with van der Waals surface area (Å²) in [5.74, 6) is 1.48. The fourth-order valence-corrected chi connectivity index (χ4v) is 2.35. The average Bonchev–Trinajstić information content (AvgIpc) is 3.16. The molecule has 20 heavy (non-hydrogen) atoms. The van der Waals surface area contributed by atoms with Crippen LogP contribution in [0.5, 0.6) is 0 Å². The molecule has 2 heterocycles. The fraction of sp³-hybridized carbons (Fsp3) is 0.500. The molecule has 0 aliphatic carbocycles. The number of hydrogen-bond donors (Lipinski definition) is 0. The number of ether oxygens (including phenoxy) is 2. The van der Waals surface area contributed by atoms with Crippen molar-refractivity contribution in [1.29, 1.82) is 0 Å². The molecule has 0 unspecified atom stereocenters. The van der Waals surface area contributed by atoms with Crippen molar-refractivity contribution in [3.8, 4) is 0 Å². The highest BCUT2D eigenvalue weighted by atomic mass is 16.5. The first kappa shape index (κ1) is 13.2. The van der Waals surface area contributed by atoms with Crippen LogP contribution in [0, 0.1) is 0 Å². The van der Waals surface area contributed by atoms with Crippen LogP contribution in [0.2, 0.25) is 0 Å². The highest BCUT2D eigenvalue weighted by Gasteiger charge is 2.21. The van der Waals surface area contributed by atoms with Gasteiger partial charge < -0.3 is 9.47 Å². The largest absolute Gasteiger partial charge is 0.475 e. The van der Waals surface area contributed by atoms with Gasteiger partial charge in [-0.1, -0.05) is 19.9 Å². The van der Waals surface area contributed by atoms with Crippen LogP contribution in [0.3, 0.4) is 0 Å². The molecule has 0 amide bonds. The molecule has 4 heteroatoms. The van der Waals surface area contributed by atoms with E-state index in [1.54, 1.807) is 0 Å². The van der Waals surface area contributed by atoms with Crippen molar-refractivity contribution < 1.29 is 9.47 Å². The van der Waals surface area contributed by atoms with Gasteiger partial charge in [-0.25, -0.2) is 9.98 Å². The SMILES string of the molecule is CC[C@@H]1COC(c2cccc(C3=N[C@H](CC)CO3)c2)=N1. The van der Waals surface area contributed by atoms with Gasteiger partial charge in [-0.05, 0) is 31.0 Å². The lowest BCUT2D eigenvalue weighted by Gasteiger charge is -2.05. The molecule has 0 saturated carbocycles. The molecular formula is C16H20N2O2. The topological polar surface area (TPSA) is 43.2 Å². The Kier molecular flexibility index (Phi) is 3.72. The molecule has 0 radical (unpaired) electrons. The predicted molar refractivity (Wildman–Crippen MR) is 79.6 cm³/mol. The summed E-state index contributed by atoms with van der Waals surface area (Å²) < 4.78 is 11.3. The zero-order valence-electron chi connectivity index (χ0n) is 12.0. The fourth-order valence-electron chi connectivity index (χ4n) is 2.35. The van der Waals surface area contributed by atoms with Crippen LogP contribution < -0.4 is 0 Å². The van der Waals surface area contributed by atoms with E-state index < -0.39 is 0 Å². The van der Waals surface area contributed by atoms with Crippen molar-refractivity contribution in [3.63, 3.8) is 0 Å². The van der Waals surface area contributed by atoms with Gasteiger partial charge in [-0.3, -0.25) is 0 Å². The van der Waals surface area contributed by atoms with Gasteiger partial charge in [0.2, 0.25) is 11.8 Å². The summed E-state index contributed by atoms with van der Waals surface area (Å²) in [5.41, 5.74) is 2.01. The van der Waals surface area contributed by atoms with Crippen LogP contribution >= 0.6 is 0 Å². The summed E-state index contributed by atoms with van der Waals surface area (Å²) in [6.07, 6.45) is 2.02. The van der Waals surface area contributed by atoms with Crippen LogP contribution in [0.25, 0.3) is 0 Å². The molecule has 0 spiro atoms. The summed E-state index contributed by atoms with van der Waals surface area (Å²) >= 11 is 0. The minimum atomic E-state index is 0.290. The first-order valence-corrected chi connectivity index (χ1v) is 7.32. The Labute approximate surface area is 119 Å². The molecule has 0 bridgehead atoms. The van der Waals surface area contributed by atoms with Gasteiger partial charge in [-0.2, -0.15) is 0 Å². The Morgan fingerprint density at radius 3 is 1.85 bits per heavy atom. The third-order valence-electron chi connectivity index (χ3n) is 3.72. The Balaban J connectivity index is 1.84. The zero-order valence-corrected chi connectivity index (χ0v) is 12.0. The minimum Gasteiger partial charge on any atom is -0.475 e. The molecule has 2 aliphatic rings. The molecular weight excluding hydrogens is 252 g/mol. The average molecular weight is 272 g/mol. The maximum absolute atomic E-state index is 5.67. The second-order valence-corrected chi connectivity index (χ2v) is 5.20. The van der Waals surface area contributed by atoms with Crippen LogP contribution in [0.15, 0.2) is 34.3 Å². The molecule has 4 nitrogen and oxygen atoms in total. The normalized spacial score (nSPS) is 24.9. The summed E-state index contributed by atoms with van der Waals surface area (Å²) in [7, 11) is 0. The van der Waals surface area contributed by atoms with E-state index >= 15 is 0 Å². The van der Waals surface area contributed by atoms with Crippen LogP contribution in [-0.2, 0) is 9.47 Å². The number of aliphatic imine (C=N–C) groups is 2. The number of benzene rings is 1. The third-order valence-corrected chi connectivity index (χ3v) is 3.72. The molecule has 0 aromatic heterocycles. The predicted octanol–water partition coefficient (Wildman–Crippen LogP) is 2.80. The Hall–Kier alpha value is -1.84. The maximum atomic E-state index is 5.67. The quantitative estimate of drug-likeness (QED) is 0.846. The van der Waals surface area contributed by atoms with E-state index in [4.69, 9.17) is 9.47 Å². The van der Waals surface area contributed by atoms with Crippen molar-refractivity contribution in [2.24, 2.45) is 9.98 Å². The third kappa shape index (κ3) is 2.55. The number of hydrogen-bond acceptors (Lipinski definition) is 4. The summed E-state index contributed by atoms with van der Waals surface area (Å²) in [6, 6.07) is 8.67. The van der Waals surface area contributed by atoms with Gasteiger partial charge in [0.15, 0.2) is 0 Å². The number of nitrogens with zero attached hydrogens (tertiary/aromatic N) is 2. The molecule has 0 fully saturated rings. The maximum Gasteiger partial charge on any atom is 0.216 e. The molecule has 1 aromatic carbocycles. The lowest BCUT2D eigenvalue weighted by molar-refractivity contribution is 0.314. The van der Waals surface area contributed by atoms with E-state index in [1.165, 1.54) is 0 Å². The molecule has 1 aromatic rings. The van der Waals surface area contributed by atoms with Crippen molar-refractivity contribution in [3.05, 3.63) is 35.4 Å². The van der Waals surface area contributed by atoms with E-state index in [9.17, 15) is 0 Å². The van der Waals surface area contributed by atoms with Crippen molar-refractivity contribution in [2.45, 2.75) is 38.8 Å². The second-order valence-electron chi connectivity index (χ2n) is 5.20. The summed E-state index contributed by atoms with van der Waals surface area (Å²) in [6.45, 7) is 5.63. The van der Waals surface area contributed by atoms with Gasteiger partial charge in [0.25, 0.3) is 0 Å². The Bertz CT molecular complexity index is 506. The monoisotopic (exact) mass is 272 g/mol. The molecule has 106 valence electrons. The van der Waals surface area contributed by atoms with E-state index in [1.807, 2.05) is 24.3 Å². The molecule has 2 atom stereocenters. The van der Waals surface area contributed by atoms with E-state index in [0.29, 0.717) is 13.2 Å². The van der Waals surface area contributed by atoms with Crippen LogP contribution in [0.1, 0.15) is 37.8 Å². The molecule has 2 aliphatic heterocycles. The lowest BCUT2D eigenvalue weighted by atomic mass is 10.1. The van der Waals surface area contributed by atoms with Crippen molar-refractivity contribution in [2.75, 3.05) is 13.2 Å². The van der Waals surface area contributed by atoms with Gasteiger partial charge in [0, 0.05) is 11.1 Å². The first-order chi connectivity index (χ1) is 9.80. The summed E-state index contributed by atoms with van der Waals surface area (Å²) in [5, 5.41) is 0. The minimum absolute atomic E-state index is 0.290. The van der Waals surface area contributed by atoms with Crippen LogP contribution in [0.4, 0.5) is 0 Å². The van der Waals surface area contributed by atoms with E-state index in [0.717, 1.165) is 35.8 Å². The smallest absolute Gasteiger partial charge is 0.216 e. The van der Waals surface area contributed by atoms with E-state index in [2.05, 4.69) is 23.8 Å². The summed E-state index contributed by atoms with van der Waals surface area (Å²) in [4.78, 5) is 9.18. The van der Waals surface area contributed by atoms with Gasteiger partial charge in [-0.15, -0.1) is 0 Å². The highest BCUT2D eigenvalue weighted by molar-refractivity contribution is 6.00. The van der Waals surface area contributed by atoms with Crippen molar-refractivity contribution >= 4 is 11.8 Å². The molecule has 0 saturated heterocycles. The second kappa shape index (κ2) is 5.65. The first-order valence-electron chi connectivity index (χ1n) is 7.32. The van der Waals surface area contributed by atoms with E-state index in [-0.39, 0.29) is 12.1 Å². The van der Waals surface area contributed by atoms with Gasteiger partial charge in [0.05, 0.1) is 12.1 Å². The van der Waals surface area contributed by atoms with Gasteiger partial charge in [0.1, 0.15) is 13.2 Å². The number of rotatable bonds is 4. The van der Waals surface area contributed by atoms with Crippen LogP contribution in [-0.4, -0.2) is 37.1 Å². The van der Waals surface area contributed by atoms with Gasteiger partial charge >= 0.3 is 0 Å². The lowest BCUT2D eigenvalue weighted by Crippen LogP contribution is -2.06. The molecule has 0 N–H and O–H groups in total. The zero-order chi connectivity index (χ0) is 13.9. The highest BCUT2D eigenvalue weighted by Crippen LogP contribution is 2.18. The Morgan fingerprint density at radius 1 is 0.950 bits per heavy atom. The standard InChI is InChI=1S/C16H20N2O2/c1-3-13-9-19-15(17-13)11-6-5-7-12(8-11)16-18-14(4-2)10-20-16/h5-8,13-14H,3-4,9-10H2,1-2H3/t13-,14-/m1/s1. The Morgan fingerprint density at radius 2 is 1.45 bits per heavy atom.